The maximum atomic E-state index is 12.8. The van der Waals surface area contributed by atoms with E-state index in [1.807, 2.05) is 0 Å². The van der Waals surface area contributed by atoms with Crippen LogP contribution < -0.4 is 0 Å². The zero-order valence-electron chi connectivity index (χ0n) is 41.6. The maximum Gasteiger partial charge on any atom is 0.306 e. The summed E-state index contributed by atoms with van der Waals surface area (Å²) in [6.07, 6.45) is 63.4. The summed E-state index contributed by atoms with van der Waals surface area (Å²) in [6, 6.07) is 0. The molecule has 0 aliphatic rings. The summed E-state index contributed by atoms with van der Waals surface area (Å²) in [7, 11) is 0. The molecule has 1 atom stereocenters. The van der Waals surface area contributed by atoms with E-state index in [-0.39, 0.29) is 31.1 Å². The van der Waals surface area contributed by atoms with Gasteiger partial charge in [-0.3, -0.25) is 14.4 Å². The molecule has 364 valence electrons. The molecule has 0 aliphatic heterocycles. The molecule has 0 heterocycles. The van der Waals surface area contributed by atoms with Gasteiger partial charge in [-0.1, -0.05) is 197 Å². The zero-order valence-corrected chi connectivity index (χ0v) is 41.6. The van der Waals surface area contributed by atoms with Crippen LogP contribution in [0.15, 0.2) is 60.8 Å². The van der Waals surface area contributed by atoms with Crippen LogP contribution in [0.4, 0.5) is 0 Å². The lowest BCUT2D eigenvalue weighted by atomic mass is 10.1. The topological polar surface area (TPSA) is 78.9 Å². The normalized spacial score (nSPS) is 12.5. The van der Waals surface area contributed by atoms with Crippen molar-refractivity contribution in [3.05, 3.63) is 60.8 Å². The zero-order chi connectivity index (χ0) is 45.8. The molecule has 0 unspecified atom stereocenters. The molecular formula is C57H100O6. The number of ether oxygens (including phenoxy) is 3. The SMILES string of the molecule is CCCCC/C=C\C/C=C\C/C=C\CCCCC(=O)OC[C@H](COC(=O)CCCCCCC/C=C\CCCCCCCC)OC(=O)CCCCCCC/C=C\CCCCCCCC. The van der Waals surface area contributed by atoms with Crippen molar-refractivity contribution in [1.82, 2.24) is 0 Å². The van der Waals surface area contributed by atoms with Gasteiger partial charge in [0.05, 0.1) is 0 Å². The van der Waals surface area contributed by atoms with Crippen molar-refractivity contribution < 1.29 is 28.6 Å². The Bertz CT molecular complexity index is 1150. The summed E-state index contributed by atoms with van der Waals surface area (Å²) >= 11 is 0. The Morgan fingerprint density at radius 1 is 0.317 bits per heavy atom. The van der Waals surface area contributed by atoms with Gasteiger partial charge in [-0.25, -0.2) is 0 Å². The van der Waals surface area contributed by atoms with E-state index in [2.05, 4.69) is 81.5 Å². The average molecular weight is 881 g/mol. The molecule has 6 heteroatoms. The summed E-state index contributed by atoms with van der Waals surface area (Å²) in [5, 5.41) is 0. The van der Waals surface area contributed by atoms with Gasteiger partial charge in [0.15, 0.2) is 6.10 Å². The predicted octanol–water partition coefficient (Wildman–Crippen LogP) is 17.6. The van der Waals surface area contributed by atoms with E-state index >= 15 is 0 Å². The van der Waals surface area contributed by atoms with E-state index in [1.165, 1.54) is 135 Å². The number of carbonyl (C=O) groups excluding carboxylic acids is 3. The highest BCUT2D eigenvalue weighted by Crippen LogP contribution is 2.14. The van der Waals surface area contributed by atoms with Crippen LogP contribution in [0.5, 0.6) is 0 Å². The molecule has 0 rings (SSSR count). The number of rotatable bonds is 48. The molecule has 0 saturated carbocycles. The Labute approximate surface area is 390 Å². The molecule has 6 nitrogen and oxygen atoms in total. The molecular weight excluding hydrogens is 781 g/mol. The molecule has 0 aromatic carbocycles. The second-order valence-electron chi connectivity index (χ2n) is 17.8. The highest BCUT2D eigenvalue weighted by molar-refractivity contribution is 5.71. The van der Waals surface area contributed by atoms with Gasteiger partial charge in [0.1, 0.15) is 13.2 Å². The largest absolute Gasteiger partial charge is 0.462 e. The fourth-order valence-corrected chi connectivity index (χ4v) is 7.38. The number of carbonyl (C=O) groups is 3. The van der Waals surface area contributed by atoms with Crippen LogP contribution in [0.3, 0.4) is 0 Å². The van der Waals surface area contributed by atoms with Crippen LogP contribution in [0.25, 0.3) is 0 Å². The van der Waals surface area contributed by atoms with E-state index in [4.69, 9.17) is 14.2 Å². The Kier molecular flexibility index (Phi) is 49.4. The minimum atomic E-state index is -0.796. The van der Waals surface area contributed by atoms with Gasteiger partial charge in [0.2, 0.25) is 0 Å². The van der Waals surface area contributed by atoms with E-state index in [1.54, 1.807) is 0 Å². The number of hydrogen-bond donors (Lipinski definition) is 0. The highest BCUT2D eigenvalue weighted by Gasteiger charge is 2.19. The van der Waals surface area contributed by atoms with Crippen LogP contribution in [0.2, 0.25) is 0 Å². The lowest BCUT2D eigenvalue weighted by molar-refractivity contribution is -0.167. The first-order valence-electron chi connectivity index (χ1n) is 26.8. The molecule has 0 N–H and O–H groups in total. The molecule has 0 spiro atoms. The van der Waals surface area contributed by atoms with Crippen LogP contribution in [0, 0.1) is 0 Å². The van der Waals surface area contributed by atoms with E-state index < -0.39 is 6.10 Å². The van der Waals surface area contributed by atoms with Crippen LogP contribution in [0.1, 0.15) is 265 Å². The first-order valence-corrected chi connectivity index (χ1v) is 26.8. The Morgan fingerprint density at radius 2 is 0.571 bits per heavy atom. The first-order chi connectivity index (χ1) is 31.0. The van der Waals surface area contributed by atoms with Crippen molar-refractivity contribution in [3.63, 3.8) is 0 Å². The standard InChI is InChI=1S/C57H100O6/c1-4-7-10-13-16-19-22-25-28-31-34-37-40-43-46-49-55(58)61-52-54(63-57(60)51-48-45-42-39-36-33-30-27-24-21-18-15-12-9-6-3)53-62-56(59)50-47-44-41-38-35-32-29-26-23-20-17-14-11-8-5-2/h16,19,25-30,34,37,54H,4-15,17-18,20-24,31-33,35-36,38-53H2,1-3H3/b19-16-,28-25-,29-26-,30-27-,37-34-/t54-/m1/s1. The summed E-state index contributed by atoms with van der Waals surface area (Å²) < 4.78 is 16.8. The summed E-state index contributed by atoms with van der Waals surface area (Å²) in [6.45, 7) is 6.56. The van der Waals surface area contributed by atoms with Gasteiger partial charge >= 0.3 is 17.9 Å². The van der Waals surface area contributed by atoms with Crippen molar-refractivity contribution in [2.75, 3.05) is 13.2 Å². The smallest absolute Gasteiger partial charge is 0.306 e. The summed E-state index contributed by atoms with van der Waals surface area (Å²) in [5.74, 6) is -0.944. The fourth-order valence-electron chi connectivity index (χ4n) is 7.38. The third-order valence-corrected chi connectivity index (χ3v) is 11.5. The maximum absolute atomic E-state index is 12.8. The number of unbranched alkanes of at least 4 members (excludes halogenated alkanes) is 27. The van der Waals surface area contributed by atoms with E-state index in [9.17, 15) is 14.4 Å². The lowest BCUT2D eigenvalue weighted by Gasteiger charge is -2.18. The van der Waals surface area contributed by atoms with Crippen LogP contribution in [-0.2, 0) is 28.6 Å². The van der Waals surface area contributed by atoms with Crippen LogP contribution >= 0.6 is 0 Å². The monoisotopic (exact) mass is 881 g/mol. The number of allylic oxidation sites excluding steroid dienone is 10. The van der Waals surface area contributed by atoms with Crippen molar-refractivity contribution in [1.29, 1.82) is 0 Å². The lowest BCUT2D eigenvalue weighted by Crippen LogP contribution is -2.30. The van der Waals surface area contributed by atoms with Crippen LogP contribution in [-0.4, -0.2) is 37.2 Å². The Balaban J connectivity index is 4.46. The minimum absolute atomic E-state index is 0.0935. The third kappa shape index (κ3) is 50.0. The predicted molar refractivity (Wildman–Crippen MR) is 270 cm³/mol. The Morgan fingerprint density at radius 3 is 0.968 bits per heavy atom. The number of esters is 3. The molecule has 0 saturated heterocycles. The molecule has 63 heavy (non-hydrogen) atoms. The highest BCUT2D eigenvalue weighted by atomic mass is 16.6. The van der Waals surface area contributed by atoms with Gasteiger partial charge < -0.3 is 14.2 Å². The van der Waals surface area contributed by atoms with E-state index in [0.717, 1.165) is 89.9 Å². The second kappa shape index (κ2) is 51.7. The molecule has 0 bridgehead atoms. The third-order valence-electron chi connectivity index (χ3n) is 11.5. The Hall–Kier alpha value is -2.89. The van der Waals surface area contributed by atoms with Crippen molar-refractivity contribution in [2.45, 2.75) is 271 Å². The molecule has 0 radical (unpaired) electrons. The van der Waals surface area contributed by atoms with Crippen molar-refractivity contribution in [2.24, 2.45) is 0 Å². The molecule has 0 aromatic heterocycles. The summed E-state index contributed by atoms with van der Waals surface area (Å²) in [4.78, 5) is 38.0. The second-order valence-corrected chi connectivity index (χ2v) is 17.8. The average Bonchev–Trinajstić information content (AvgIpc) is 3.28. The van der Waals surface area contributed by atoms with Gasteiger partial charge in [0, 0.05) is 19.3 Å². The molecule has 0 aromatic rings. The number of hydrogen-bond acceptors (Lipinski definition) is 6. The van der Waals surface area contributed by atoms with Crippen molar-refractivity contribution >= 4 is 17.9 Å². The molecule has 0 fully saturated rings. The van der Waals surface area contributed by atoms with E-state index in [0.29, 0.717) is 19.3 Å². The first kappa shape index (κ1) is 60.1. The van der Waals surface area contributed by atoms with Crippen molar-refractivity contribution in [3.8, 4) is 0 Å². The quantitative estimate of drug-likeness (QED) is 0.0262. The van der Waals surface area contributed by atoms with Gasteiger partial charge in [-0.2, -0.15) is 0 Å². The summed E-state index contributed by atoms with van der Waals surface area (Å²) in [5.41, 5.74) is 0. The minimum Gasteiger partial charge on any atom is -0.462 e. The fraction of sp³-hybridized carbons (Fsp3) is 0.772. The molecule has 0 aliphatic carbocycles. The van der Waals surface area contributed by atoms with Gasteiger partial charge in [-0.15, -0.1) is 0 Å². The van der Waals surface area contributed by atoms with Gasteiger partial charge in [0.25, 0.3) is 0 Å². The van der Waals surface area contributed by atoms with Gasteiger partial charge in [-0.05, 0) is 109 Å². The molecule has 0 amide bonds.